The van der Waals surface area contributed by atoms with Crippen molar-refractivity contribution in [3.63, 3.8) is 0 Å². The van der Waals surface area contributed by atoms with Gasteiger partial charge in [0, 0.05) is 11.6 Å². The molecule has 6 nitrogen and oxygen atoms in total. The third-order valence-electron chi connectivity index (χ3n) is 4.63. The largest absolute Gasteiger partial charge is 0.326 e. The van der Waals surface area contributed by atoms with Crippen LogP contribution in [0.3, 0.4) is 0 Å². The van der Waals surface area contributed by atoms with Crippen molar-refractivity contribution >= 4 is 39.7 Å². The number of carbonyl (C=O) groups is 1. The van der Waals surface area contributed by atoms with E-state index in [1.165, 1.54) is 12.1 Å². The van der Waals surface area contributed by atoms with Crippen molar-refractivity contribution in [2.75, 3.05) is 29.4 Å². The van der Waals surface area contributed by atoms with Crippen LogP contribution in [0, 0.1) is 17.2 Å². The molecule has 1 spiro atoms. The molecular weight excluding hydrogens is 357 g/mol. The standard InChI is InChI=1S/C15H20FN3O3S.ClH/c1-23(21,22)19-13-8-10(2-3-12(13)16)18-14(20)11-9-15(11)4-6-17-7-5-15;/h2-3,8,11,17,19H,4-7,9H2,1H3,(H,18,20);1H. The fraction of sp³-hybridized carbons (Fsp3) is 0.533. The summed E-state index contributed by atoms with van der Waals surface area (Å²) in [5.41, 5.74) is 0.333. The maximum Gasteiger partial charge on any atom is 0.229 e. The Labute approximate surface area is 147 Å². The van der Waals surface area contributed by atoms with Gasteiger partial charge >= 0.3 is 0 Å². The topological polar surface area (TPSA) is 87.3 Å². The fourth-order valence-corrected chi connectivity index (χ4v) is 3.86. The molecule has 9 heteroatoms. The zero-order valence-corrected chi connectivity index (χ0v) is 14.9. The lowest BCUT2D eigenvalue weighted by atomic mass is 9.92. The van der Waals surface area contributed by atoms with Crippen molar-refractivity contribution in [1.29, 1.82) is 0 Å². The summed E-state index contributed by atoms with van der Waals surface area (Å²) in [6, 6.07) is 3.86. The Morgan fingerprint density at radius 2 is 2.00 bits per heavy atom. The minimum Gasteiger partial charge on any atom is -0.326 e. The Bertz CT molecular complexity index is 735. The van der Waals surface area contributed by atoms with E-state index in [9.17, 15) is 17.6 Å². The molecule has 0 aromatic heterocycles. The molecule has 24 heavy (non-hydrogen) atoms. The van der Waals surface area contributed by atoms with Gasteiger partial charge in [-0.25, -0.2) is 12.8 Å². The van der Waals surface area contributed by atoms with E-state index in [0.717, 1.165) is 44.7 Å². The molecule has 0 bridgehead atoms. The SMILES string of the molecule is CS(=O)(=O)Nc1cc(NC(=O)C2CC23CCNCC3)ccc1F.Cl. The van der Waals surface area contributed by atoms with Gasteiger partial charge in [-0.05, 0) is 56.0 Å². The summed E-state index contributed by atoms with van der Waals surface area (Å²) < 4.78 is 38.2. The molecular formula is C15H21ClFN3O3S. The van der Waals surface area contributed by atoms with Crippen molar-refractivity contribution in [2.45, 2.75) is 19.3 Å². The first kappa shape index (κ1) is 19.0. The van der Waals surface area contributed by atoms with Crippen molar-refractivity contribution in [3.05, 3.63) is 24.0 Å². The van der Waals surface area contributed by atoms with E-state index >= 15 is 0 Å². The summed E-state index contributed by atoms with van der Waals surface area (Å²) in [6.45, 7) is 1.87. The Morgan fingerprint density at radius 1 is 1.33 bits per heavy atom. The van der Waals surface area contributed by atoms with Gasteiger partial charge < -0.3 is 10.6 Å². The van der Waals surface area contributed by atoms with Crippen LogP contribution in [0.15, 0.2) is 18.2 Å². The van der Waals surface area contributed by atoms with Gasteiger partial charge in [-0.2, -0.15) is 0 Å². The van der Waals surface area contributed by atoms with Crippen LogP contribution in [-0.4, -0.2) is 33.7 Å². The summed E-state index contributed by atoms with van der Waals surface area (Å²) in [4.78, 5) is 12.4. The zero-order chi connectivity index (χ0) is 16.7. The number of hydrogen-bond acceptors (Lipinski definition) is 4. The van der Waals surface area contributed by atoms with E-state index in [4.69, 9.17) is 0 Å². The van der Waals surface area contributed by atoms with Gasteiger partial charge in [0.1, 0.15) is 5.82 Å². The van der Waals surface area contributed by atoms with Crippen LogP contribution in [0.2, 0.25) is 0 Å². The highest BCUT2D eigenvalue weighted by Crippen LogP contribution is 2.58. The maximum absolute atomic E-state index is 13.6. The summed E-state index contributed by atoms with van der Waals surface area (Å²) in [7, 11) is -3.58. The van der Waals surface area contributed by atoms with E-state index in [1.54, 1.807) is 0 Å². The van der Waals surface area contributed by atoms with Gasteiger partial charge in [-0.3, -0.25) is 9.52 Å². The van der Waals surface area contributed by atoms with Gasteiger partial charge in [0.05, 0.1) is 11.9 Å². The van der Waals surface area contributed by atoms with Crippen molar-refractivity contribution in [3.8, 4) is 0 Å². The lowest BCUT2D eigenvalue weighted by Gasteiger charge is -2.23. The minimum atomic E-state index is -3.58. The number of benzene rings is 1. The molecule has 1 atom stereocenters. The highest BCUT2D eigenvalue weighted by atomic mass is 35.5. The molecule has 2 aliphatic rings. The second-order valence-electron chi connectivity index (χ2n) is 6.43. The summed E-state index contributed by atoms with van der Waals surface area (Å²) in [5, 5.41) is 6.05. The molecule has 1 aliphatic heterocycles. The molecule has 2 fully saturated rings. The number of piperidine rings is 1. The number of carbonyl (C=O) groups excluding carboxylic acids is 1. The molecule has 1 aromatic carbocycles. The second-order valence-corrected chi connectivity index (χ2v) is 8.18. The van der Waals surface area contributed by atoms with E-state index in [0.29, 0.717) is 5.69 Å². The third kappa shape index (κ3) is 4.17. The fourth-order valence-electron chi connectivity index (χ4n) is 3.31. The van der Waals surface area contributed by atoms with Crippen LogP contribution in [0.4, 0.5) is 15.8 Å². The molecule has 1 saturated heterocycles. The molecule has 3 N–H and O–H groups in total. The Hall–Kier alpha value is -1.38. The Balaban J connectivity index is 0.00000208. The quantitative estimate of drug-likeness (QED) is 0.748. The molecule has 0 radical (unpaired) electrons. The maximum atomic E-state index is 13.6. The smallest absolute Gasteiger partial charge is 0.229 e. The first-order valence-electron chi connectivity index (χ1n) is 7.58. The van der Waals surface area contributed by atoms with Gasteiger partial charge in [0.25, 0.3) is 0 Å². The number of nitrogens with one attached hydrogen (secondary N) is 3. The van der Waals surface area contributed by atoms with E-state index in [2.05, 4.69) is 15.4 Å². The highest BCUT2D eigenvalue weighted by molar-refractivity contribution is 7.92. The average molecular weight is 378 g/mol. The van der Waals surface area contributed by atoms with E-state index in [-0.39, 0.29) is 35.3 Å². The normalized spacial score (nSPS) is 21.7. The van der Waals surface area contributed by atoms with Crippen LogP contribution in [0.25, 0.3) is 0 Å². The molecule has 1 aliphatic carbocycles. The third-order valence-corrected chi connectivity index (χ3v) is 5.23. The predicted octanol–water partition coefficient (Wildman–Crippen LogP) is 1.95. The van der Waals surface area contributed by atoms with Crippen LogP contribution in [0.5, 0.6) is 0 Å². The first-order valence-corrected chi connectivity index (χ1v) is 9.47. The van der Waals surface area contributed by atoms with Crippen LogP contribution in [0.1, 0.15) is 19.3 Å². The second kappa shape index (κ2) is 6.85. The summed E-state index contributed by atoms with van der Waals surface area (Å²) in [6.07, 6.45) is 3.82. The minimum absolute atomic E-state index is 0. The number of sulfonamides is 1. The van der Waals surface area contributed by atoms with Gasteiger partial charge in [-0.15, -0.1) is 12.4 Å². The Kier molecular flexibility index (Phi) is 5.41. The highest BCUT2D eigenvalue weighted by Gasteiger charge is 2.57. The van der Waals surface area contributed by atoms with Crippen molar-refractivity contribution < 1.29 is 17.6 Å². The lowest BCUT2D eigenvalue weighted by Crippen LogP contribution is -2.31. The zero-order valence-electron chi connectivity index (χ0n) is 13.3. The summed E-state index contributed by atoms with van der Waals surface area (Å²) >= 11 is 0. The molecule has 1 unspecified atom stereocenters. The molecule has 134 valence electrons. The van der Waals surface area contributed by atoms with Crippen molar-refractivity contribution in [1.82, 2.24) is 5.32 Å². The number of halogens is 2. The molecule has 3 rings (SSSR count). The van der Waals surface area contributed by atoms with Crippen molar-refractivity contribution in [2.24, 2.45) is 11.3 Å². The van der Waals surface area contributed by atoms with E-state index < -0.39 is 15.8 Å². The predicted molar refractivity (Wildman–Crippen MR) is 93.4 cm³/mol. The van der Waals surface area contributed by atoms with Crippen LogP contribution >= 0.6 is 12.4 Å². The number of rotatable bonds is 4. The number of anilines is 2. The van der Waals surface area contributed by atoms with Crippen LogP contribution < -0.4 is 15.4 Å². The van der Waals surface area contributed by atoms with Gasteiger partial charge in [-0.1, -0.05) is 0 Å². The Morgan fingerprint density at radius 3 is 2.62 bits per heavy atom. The monoisotopic (exact) mass is 377 g/mol. The van der Waals surface area contributed by atoms with Gasteiger partial charge in [0.2, 0.25) is 15.9 Å². The number of hydrogen-bond donors (Lipinski definition) is 3. The number of amides is 1. The molecule has 1 amide bonds. The lowest BCUT2D eigenvalue weighted by molar-refractivity contribution is -0.118. The molecule has 1 saturated carbocycles. The first-order chi connectivity index (χ1) is 10.8. The van der Waals surface area contributed by atoms with Gasteiger partial charge in [0.15, 0.2) is 0 Å². The molecule has 1 aromatic rings. The van der Waals surface area contributed by atoms with Crippen LogP contribution in [-0.2, 0) is 14.8 Å². The molecule has 1 heterocycles. The summed E-state index contributed by atoms with van der Waals surface area (Å²) in [5.74, 6) is -0.778. The van der Waals surface area contributed by atoms with E-state index in [1.807, 2.05) is 0 Å². The average Bonchev–Trinajstić information content (AvgIpc) is 3.15.